The van der Waals surface area contributed by atoms with Crippen LogP contribution < -0.4 is 5.32 Å². The SMILES string of the molecule is O=C1OC2(CCN(Cc3ccccc3)CC2)CN1C[C@H]1CC[C@H](C(=O)NCC2CCCO2)CC1. The van der Waals surface area contributed by atoms with E-state index >= 15 is 0 Å². The Kier molecular flexibility index (Phi) is 7.40. The van der Waals surface area contributed by atoms with Gasteiger partial charge in [0, 0.05) is 58.1 Å². The molecule has 4 aliphatic rings. The Labute approximate surface area is 203 Å². The quantitative estimate of drug-likeness (QED) is 0.661. The molecule has 1 unspecified atom stereocenters. The van der Waals surface area contributed by atoms with Crippen molar-refractivity contribution >= 4 is 12.0 Å². The second-order valence-electron chi connectivity index (χ2n) is 10.8. The van der Waals surface area contributed by atoms with Gasteiger partial charge in [0.15, 0.2) is 0 Å². The molecule has 5 rings (SSSR count). The molecule has 1 saturated carbocycles. The maximum Gasteiger partial charge on any atom is 0.410 e. The third-order valence-electron chi connectivity index (χ3n) is 8.28. The van der Waals surface area contributed by atoms with E-state index in [1.165, 1.54) is 5.56 Å². The Morgan fingerprint density at radius 1 is 1.06 bits per heavy atom. The fourth-order valence-corrected chi connectivity index (χ4v) is 6.14. The van der Waals surface area contributed by atoms with Crippen molar-refractivity contribution in [3.8, 4) is 0 Å². The Hall–Kier alpha value is -2.12. The summed E-state index contributed by atoms with van der Waals surface area (Å²) in [5, 5.41) is 3.09. The second-order valence-corrected chi connectivity index (χ2v) is 10.8. The van der Waals surface area contributed by atoms with Gasteiger partial charge in [-0.3, -0.25) is 9.69 Å². The summed E-state index contributed by atoms with van der Waals surface area (Å²) < 4.78 is 11.6. The molecule has 7 heteroatoms. The third-order valence-corrected chi connectivity index (χ3v) is 8.28. The van der Waals surface area contributed by atoms with E-state index in [1.54, 1.807) is 0 Å². The minimum Gasteiger partial charge on any atom is -0.441 e. The molecule has 2 amide bonds. The highest BCUT2D eigenvalue weighted by Gasteiger charge is 2.47. The molecule has 3 aliphatic heterocycles. The van der Waals surface area contributed by atoms with E-state index in [4.69, 9.17) is 9.47 Å². The van der Waals surface area contributed by atoms with Crippen molar-refractivity contribution in [1.29, 1.82) is 0 Å². The van der Waals surface area contributed by atoms with Crippen LogP contribution in [-0.4, -0.2) is 72.8 Å². The molecule has 3 heterocycles. The van der Waals surface area contributed by atoms with Gasteiger partial charge in [-0.1, -0.05) is 30.3 Å². The summed E-state index contributed by atoms with van der Waals surface area (Å²) in [4.78, 5) is 29.6. The van der Waals surface area contributed by atoms with E-state index in [-0.39, 0.29) is 29.6 Å². The number of hydrogen-bond acceptors (Lipinski definition) is 5. The predicted octanol–water partition coefficient (Wildman–Crippen LogP) is 3.58. The fourth-order valence-electron chi connectivity index (χ4n) is 6.14. The molecule has 1 spiro atoms. The molecule has 1 aliphatic carbocycles. The lowest BCUT2D eigenvalue weighted by molar-refractivity contribution is -0.126. The first kappa shape index (κ1) is 23.6. The lowest BCUT2D eigenvalue weighted by atomic mass is 9.81. The topological polar surface area (TPSA) is 71.1 Å². The lowest BCUT2D eigenvalue weighted by Crippen LogP contribution is -2.46. The fraction of sp³-hybridized carbons (Fsp3) is 0.704. The van der Waals surface area contributed by atoms with Gasteiger partial charge in [0.25, 0.3) is 0 Å². The number of nitrogens with one attached hydrogen (secondary N) is 1. The van der Waals surface area contributed by atoms with Gasteiger partial charge >= 0.3 is 6.09 Å². The molecule has 186 valence electrons. The average molecular weight is 470 g/mol. The smallest absolute Gasteiger partial charge is 0.410 e. The summed E-state index contributed by atoms with van der Waals surface area (Å²) in [5.41, 5.74) is 1.02. The van der Waals surface area contributed by atoms with Crippen molar-refractivity contribution in [1.82, 2.24) is 15.1 Å². The van der Waals surface area contributed by atoms with Crippen molar-refractivity contribution in [2.75, 3.05) is 39.3 Å². The molecule has 1 aromatic rings. The van der Waals surface area contributed by atoms with Crippen LogP contribution in [0.1, 0.15) is 56.9 Å². The van der Waals surface area contributed by atoms with Crippen LogP contribution >= 0.6 is 0 Å². The predicted molar refractivity (Wildman–Crippen MR) is 129 cm³/mol. The zero-order valence-corrected chi connectivity index (χ0v) is 20.3. The molecule has 1 N–H and O–H groups in total. The number of benzene rings is 1. The Morgan fingerprint density at radius 2 is 1.82 bits per heavy atom. The minimum atomic E-state index is -0.316. The van der Waals surface area contributed by atoms with Gasteiger partial charge in [0.1, 0.15) is 5.60 Å². The maximum absolute atomic E-state index is 12.7. The highest BCUT2D eigenvalue weighted by Crippen LogP contribution is 2.36. The van der Waals surface area contributed by atoms with Crippen LogP contribution in [-0.2, 0) is 20.8 Å². The number of likely N-dealkylation sites (tertiary alicyclic amines) is 1. The molecule has 0 aromatic heterocycles. The number of ether oxygens (including phenoxy) is 2. The Morgan fingerprint density at radius 3 is 2.53 bits per heavy atom. The lowest BCUT2D eigenvalue weighted by Gasteiger charge is -2.37. The van der Waals surface area contributed by atoms with E-state index in [9.17, 15) is 9.59 Å². The average Bonchev–Trinajstić information content (AvgIpc) is 3.48. The zero-order chi connectivity index (χ0) is 23.4. The van der Waals surface area contributed by atoms with Crippen LogP contribution in [0.2, 0.25) is 0 Å². The first-order valence-electron chi connectivity index (χ1n) is 13.2. The van der Waals surface area contributed by atoms with E-state index in [0.29, 0.717) is 19.0 Å². The number of hydrogen-bond donors (Lipinski definition) is 1. The van der Waals surface area contributed by atoms with Gasteiger partial charge in [0.05, 0.1) is 12.6 Å². The molecule has 4 fully saturated rings. The van der Waals surface area contributed by atoms with Crippen molar-refractivity contribution in [2.24, 2.45) is 11.8 Å². The van der Waals surface area contributed by atoms with E-state index < -0.39 is 0 Å². The van der Waals surface area contributed by atoms with Crippen LogP contribution in [0.15, 0.2) is 30.3 Å². The first-order chi connectivity index (χ1) is 16.6. The molecular weight excluding hydrogens is 430 g/mol. The monoisotopic (exact) mass is 469 g/mol. The minimum absolute atomic E-state index is 0.100. The largest absolute Gasteiger partial charge is 0.441 e. The summed E-state index contributed by atoms with van der Waals surface area (Å²) in [6, 6.07) is 10.6. The number of carbonyl (C=O) groups is 2. The normalized spacial score (nSPS) is 29.4. The van der Waals surface area contributed by atoms with Crippen molar-refractivity contribution < 1.29 is 19.1 Å². The van der Waals surface area contributed by atoms with Crippen LogP contribution in [0.5, 0.6) is 0 Å². The van der Waals surface area contributed by atoms with Crippen molar-refractivity contribution in [3.63, 3.8) is 0 Å². The van der Waals surface area contributed by atoms with Gasteiger partial charge in [-0.15, -0.1) is 0 Å². The van der Waals surface area contributed by atoms with E-state index in [0.717, 1.165) is 84.2 Å². The van der Waals surface area contributed by atoms with Gasteiger partial charge in [0.2, 0.25) is 5.91 Å². The molecule has 7 nitrogen and oxygen atoms in total. The molecule has 0 radical (unpaired) electrons. The van der Waals surface area contributed by atoms with Crippen LogP contribution in [0.3, 0.4) is 0 Å². The van der Waals surface area contributed by atoms with Gasteiger partial charge in [-0.05, 0) is 50.0 Å². The molecule has 0 bridgehead atoms. The Balaban J connectivity index is 1.03. The number of carbonyl (C=O) groups excluding carboxylic acids is 2. The summed E-state index contributed by atoms with van der Waals surface area (Å²) in [6.07, 6.45) is 7.81. The summed E-state index contributed by atoms with van der Waals surface area (Å²) >= 11 is 0. The molecule has 34 heavy (non-hydrogen) atoms. The molecule has 3 saturated heterocycles. The highest BCUT2D eigenvalue weighted by molar-refractivity contribution is 5.78. The van der Waals surface area contributed by atoms with Gasteiger partial charge in [-0.2, -0.15) is 0 Å². The van der Waals surface area contributed by atoms with Crippen LogP contribution in [0.4, 0.5) is 4.79 Å². The maximum atomic E-state index is 12.7. The van der Waals surface area contributed by atoms with Gasteiger partial charge < -0.3 is 19.7 Å². The number of nitrogens with zero attached hydrogens (tertiary/aromatic N) is 2. The molecule has 1 atom stereocenters. The van der Waals surface area contributed by atoms with Crippen LogP contribution in [0.25, 0.3) is 0 Å². The van der Waals surface area contributed by atoms with E-state index in [1.807, 2.05) is 4.90 Å². The van der Waals surface area contributed by atoms with Crippen molar-refractivity contribution in [3.05, 3.63) is 35.9 Å². The molecule has 1 aromatic carbocycles. The number of piperidine rings is 1. The zero-order valence-electron chi connectivity index (χ0n) is 20.3. The summed E-state index contributed by atoms with van der Waals surface area (Å²) in [7, 11) is 0. The number of amides is 2. The van der Waals surface area contributed by atoms with Crippen LogP contribution in [0, 0.1) is 11.8 Å². The van der Waals surface area contributed by atoms with E-state index in [2.05, 4.69) is 40.5 Å². The second kappa shape index (κ2) is 10.6. The standard InChI is InChI=1S/C27H39N3O4/c31-25(28-17-24-7-4-16-33-24)23-10-8-22(9-11-23)19-30-20-27(34-26(30)32)12-14-29(15-13-27)18-21-5-2-1-3-6-21/h1-3,5-6,22-24H,4,7-20H2,(H,28,31)/t22-,23-,24?. The summed E-state index contributed by atoms with van der Waals surface area (Å²) in [6.45, 7) is 5.82. The first-order valence-corrected chi connectivity index (χ1v) is 13.2. The van der Waals surface area contributed by atoms with Crippen molar-refractivity contribution in [2.45, 2.75) is 69.6 Å². The highest BCUT2D eigenvalue weighted by atomic mass is 16.6. The van der Waals surface area contributed by atoms with Gasteiger partial charge in [-0.25, -0.2) is 4.79 Å². The third kappa shape index (κ3) is 5.74. The Bertz CT molecular complexity index is 826. The number of rotatable bonds is 7. The molecular formula is C27H39N3O4. The summed E-state index contributed by atoms with van der Waals surface area (Å²) in [5.74, 6) is 0.738.